The molecule has 0 bridgehead atoms. The Hall–Kier alpha value is -3.36. The molecule has 1 atom stereocenters. The number of piperidine rings is 1. The van der Waals surface area contributed by atoms with Crippen LogP contribution in [0.1, 0.15) is 91.0 Å². The molecule has 4 rings (SSSR count). The number of ether oxygens (including phenoxy) is 1. The fourth-order valence-corrected chi connectivity index (χ4v) is 6.40. The number of nitrogens with zero attached hydrogens (tertiary/aromatic N) is 5. The van der Waals surface area contributed by atoms with Crippen molar-refractivity contribution < 1.29 is 14.3 Å². The molecule has 0 saturated carbocycles. The van der Waals surface area contributed by atoms with E-state index in [0.717, 1.165) is 30.5 Å². The number of aliphatic imine (C=N–C) groups is 1. The van der Waals surface area contributed by atoms with Crippen LogP contribution in [0.2, 0.25) is 5.02 Å². The number of benzene rings is 1. The Morgan fingerprint density at radius 1 is 1.06 bits per heavy atom. The Kier molecular flexibility index (Phi) is 13.0. The van der Waals surface area contributed by atoms with Gasteiger partial charge in [-0.25, -0.2) is 4.79 Å². The van der Waals surface area contributed by atoms with Gasteiger partial charge in [0.2, 0.25) is 5.91 Å². The second-order valence-corrected chi connectivity index (χ2v) is 15.5. The van der Waals surface area contributed by atoms with E-state index in [9.17, 15) is 9.59 Å². The normalized spacial score (nSPS) is 17.5. The molecular formula is C39H53Cl2N5O3. The van der Waals surface area contributed by atoms with Gasteiger partial charge in [0, 0.05) is 72.4 Å². The number of allylic oxidation sites excluding steroid dienone is 3. The molecule has 266 valence electrons. The molecule has 1 fully saturated rings. The van der Waals surface area contributed by atoms with E-state index in [1.807, 2.05) is 68.3 Å². The van der Waals surface area contributed by atoms with Gasteiger partial charge in [-0.15, -0.1) is 0 Å². The summed E-state index contributed by atoms with van der Waals surface area (Å²) in [5.74, 6) is 1.56. The molecule has 1 saturated heterocycles. The Morgan fingerprint density at radius 3 is 2.31 bits per heavy atom. The van der Waals surface area contributed by atoms with Gasteiger partial charge in [-0.05, 0) is 76.6 Å². The number of urea groups is 1. The average Bonchev–Trinajstić information content (AvgIpc) is 3.06. The van der Waals surface area contributed by atoms with Crippen LogP contribution in [0.4, 0.5) is 4.79 Å². The summed E-state index contributed by atoms with van der Waals surface area (Å²) < 4.78 is 6.28. The second kappa shape index (κ2) is 16.6. The minimum absolute atomic E-state index is 0.0457. The smallest absolute Gasteiger partial charge is 0.325 e. The second-order valence-electron chi connectivity index (χ2n) is 14.7. The number of hydrogen-bond donors (Lipinski definition) is 0. The van der Waals surface area contributed by atoms with E-state index in [1.54, 1.807) is 16.0 Å². The van der Waals surface area contributed by atoms with Crippen molar-refractivity contribution in [3.63, 3.8) is 0 Å². The molecule has 0 radical (unpaired) electrons. The van der Waals surface area contributed by atoms with Crippen LogP contribution in [-0.2, 0) is 16.8 Å². The van der Waals surface area contributed by atoms with Gasteiger partial charge in [-0.1, -0.05) is 68.3 Å². The lowest BCUT2D eigenvalue weighted by atomic mass is 9.83. The first-order valence-corrected chi connectivity index (χ1v) is 18.2. The molecular weight excluding hydrogens is 657 g/mol. The number of amidine groups is 1. The van der Waals surface area contributed by atoms with Gasteiger partial charge in [0.25, 0.3) is 0 Å². The number of aromatic nitrogens is 1. The third kappa shape index (κ3) is 10.1. The number of amides is 3. The maximum atomic E-state index is 14.8. The largest absolute Gasteiger partial charge is 0.493 e. The fraction of sp³-hybridized carbons (Fsp3) is 0.538. The molecule has 8 nitrogen and oxygen atoms in total. The zero-order valence-corrected chi connectivity index (χ0v) is 31.9. The van der Waals surface area contributed by atoms with Crippen LogP contribution in [0.5, 0.6) is 5.75 Å². The van der Waals surface area contributed by atoms with Crippen LogP contribution in [-0.4, -0.2) is 76.3 Å². The van der Waals surface area contributed by atoms with Crippen molar-refractivity contribution in [2.24, 2.45) is 16.8 Å². The van der Waals surface area contributed by atoms with Crippen LogP contribution >= 0.6 is 23.2 Å². The van der Waals surface area contributed by atoms with E-state index < -0.39 is 5.54 Å². The van der Waals surface area contributed by atoms with Gasteiger partial charge in [0.15, 0.2) is 0 Å². The third-order valence-corrected chi connectivity index (χ3v) is 10.1. The molecule has 49 heavy (non-hydrogen) atoms. The van der Waals surface area contributed by atoms with Crippen LogP contribution in [0.3, 0.4) is 0 Å². The standard InChI is InChI=1S/C39H53Cl2N5O3/c1-9-44(8)35(47)23-27-19-21-45(22-20-27)37(48)46(26-28-11-15-30(40)16-12-28)36(43-39(6,7)29-13-17-31(41)18-14-29)32-25-42-34(38(3,4)5)24-33(32)49-10-2/h11-13,15-18,24-25,27,29H,9-10,14,19-23,26H2,1-8H3/b43-36-. The number of carbonyl (C=O) groups is 2. The summed E-state index contributed by atoms with van der Waals surface area (Å²) in [5.41, 5.74) is 1.62. The van der Waals surface area contributed by atoms with Gasteiger partial charge < -0.3 is 14.5 Å². The average molecular weight is 711 g/mol. The zero-order chi connectivity index (χ0) is 35.9. The first-order valence-electron chi connectivity index (χ1n) is 17.4. The number of pyridine rings is 1. The number of rotatable bonds is 10. The highest BCUT2D eigenvalue weighted by molar-refractivity contribution is 6.31. The summed E-state index contributed by atoms with van der Waals surface area (Å²) in [5, 5.41) is 1.33. The van der Waals surface area contributed by atoms with Gasteiger partial charge >= 0.3 is 6.03 Å². The predicted molar refractivity (Wildman–Crippen MR) is 201 cm³/mol. The molecule has 3 amide bonds. The zero-order valence-electron chi connectivity index (χ0n) is 30.4. The molecule has 0 spiro atoms. The minimum atomic E-state index is -0.622. The first kappa shape index (κ1) is 38.4. The summed E-state index contributed by atoms with van der Waals surface area (Å²) in [6, 6.07) is 9.38. The highest BCUT2D eigenvalue weighted by Crippen LogP contribution is 2.35. The Morgan fingerprint density at radius 2 is 1.73 bits per heavy atom. The molecule has 2 aliphatic rings. The van der Waals surface area contributed by atoms with Crippen LogP contribution in [0.25, 0.3) is 0 Å². The maximum absolute atomic E-state index is 14.8. The molecule has 0 N–H and O–H groups in total. The highest BCUT2D eigenvalue weighted by Gasteiger charge is 2.36. The highest BCUT2D eigenvalue weighted by atomic mass is 35.5. The lowest BCUT2D eigenvalue weighted by molar-refractivity contribution is -0.131. The number of halogens is 2. The number of likely N-dealkylation sites (tertiary alicyclic amines) is 1. The fourth-order valence-electron chi connectivity index (χ4n) is 6.11. The molecule has 1 aliphatic carbocycles. The molecule has 2 aromatic rings. The summed E-state index contributed by atoms with van der Waals surface area (Å²) in [4.78, 5) is 43.3. The minimum Gasteiger partial charge on any atom is -0.493 e. The van der Waals surface area contributed by atoms with Crippen LogP contribution in [0, 0.1) is 11.8 Å². The van der Waals surface area contributed by atoms with Crippen LogP contribution in [0.15, 0.2) is 64.8 Å². The van der Waals surface area contributed by atoms with Gasteiger partial charge in [-0.3, -0.25) is 19.7 Å². The third-order valence-electron chi connectivity index (χ3n) is 9.52. The van der Waals surface area contributed by atoms with Gasteiger partial charge in [-0.2, -0.15) is 0 Å². The van der Waals surface area contributed by atoms with E-state index in [1.165, 1.54) is 0 Å². The molecule has 1 aromatic heterocycles. The SMILES string of the molecule is CCOc1cc(C(C)(C)C)ncc1/C(=N/C(C)(C)C1C=CC(Cl)=CC1)N(Cc1ccc(Cl)cc1)C(=O)N1CCC(CC(=O)N(C)CC)CC1. The van der Waals surface area contributed by atoms with E-state index in [-0.39, 0.29) is 35.7 Å². The van der Waals surface area contributed by atoms with Crippen molar-refractivity contribution in [3.05, 3.63) is 81.6 Å². The van der Waals surface area contributed by atoms with Crippen molar-refractivity contribution in [3.8, 4) is 5.75 Å². The summed E-state index contributed by atoms with van der Waals surface area (Å²) in [6.07, 6.45) is 10.6. The van der Waals surface area contributed by atoms with Crippen LogP contribution < -0.4 is 4.74 Å². The molecule has 1 aliphatic heterocycles. The van der Waals surface area contributed by atoms with Crippen molar-refractivity contribution in [2.75, 3.05) is 33.3 Å². The first-order chi connectivity index (χ1) is 23.1. The van der Waals surface area contributed by atoms with Gasteiger partial charge in [0.05, 0.1) is 24.3 Å². The summed E-state index contributed by atoms with van der Waals surface area (Å²) in [7, 11) is 1.84. The van der Waals surface area contributed by atoms with Crippen molar-refractivity contribution in [1.82, 2.24) is 19.7 Å². The topological polar surface area (TPSA) is 78.3 Å². The van der Waals surface area contributed by atoms with E-state index in [4.69, 9.17) is 37.9 Å². The monoisotopic (exact) mass is 709 g/mol. The molecule has 1 unspecified atom stereocenters. The van der Waals surface area contributed by atoms with Crippen molar-refractivity contribution in [1.29, 1.82) is 0 Å². The maximum Gasteiger partial charge on any atom is 0.325 e. The summed E-state index contributed by atoms with van der Waals surface area (Å²) >= 11 is 12.6. The van der Waals surface area contributed by atoms with Crippen molar-refractivity contribution >= 4 is 41.0 Å². The molecule has 2 heterocycles. The Bertz CT molecular complexity index is 1550. The Balaban J connectivity index is 1.81. The van der Waals surface area contributed by atoms with E-state index >= 15 is 0 Å². The van der Waals surface area contributed by atoms with E-state index in [2.05, 4.69) is 40.7 Å². The number of hydrogen-bond acceptors (Lipinski definition) is 5. The van der Waals surface area contributed by atoms with Gasteiger partial charge in [0.1, 0.15) is 11.6 Å². The Labute approximate surface area is 303 Å². The lowest BCUT2D eigenvalue weighted by Crippen LogP contribution is -2.50. The molecule has 10 heteroatoms. The van der Waals surface area contributed by atoms with E-state index in [0.29, 0.717) is 59.9 Å². The molecule has 1 aromatic carbocycles. The number of carbonyl (C=O) groups excluding carboxylic acids is 2. The van der Waals surface area contributed by atoms with Crippen molar-refractivity contribution in [2.45, 2.75) is 91.6 Å². The lowest BCUT2D eigenvalue weighted by Gasteiger charge is -2.38. The summed E-state index contributed by atoms with van der Waals surface area (Å²) in [6.45, 7) is 17.0. The predicted octanol–water partition coefficient (Wildman–Crippen LogP) is 8.86. The quantitative estimate of drug-likeness (QED) is 0.182.